The van der Waals surface area contributed by atoms with Gasteiger partial charge in [-0.25, -0.2) is 14.6 Å². The van der Waals surface area contributed by atoms with Crippen LogP contribution in [0.25, 0.3) is 22.3 Å². The summed E-state index contributed by atoms with van der Waals surface area (Å²) in [5.41, 5.74) is 11.1. The minimum atomic E-state index is -0.362. The highest BCUT2D eigenvalue weighted by Crippen LogP contribution is 2.35. The molecule has 4 aliphatic heterocycles. The number of likely N-dealkylation sites (tertiary alicyclic amines) is 2. The summed E-state index contributed by atoms with van der Waals surface area (Å²) in [6.45, 7) is 12.1. The van der Waals surface area contributed by atoms with E-state index in [0.717, 1.165) is 111 Å². The van der Waals surface area contributed by atoms with Crippen LogP contribution in [0.5, 0.6) is 11.5 Å². The van der Waals surface area contributed by atoms with Gasteiger partial charge in [-0.15, -0.1) is 0 Å². The first kappa shape index (κ1) is 38.9. The highest BCUT2D eigenvalue weighted by atomic mass is 16.5. The van der Waals surface area contributed by atoms with Crippen LogP contribution in [0, 0.1) is 5.92 Å². The van der Waals surface area contributed by atoms with Crippen molar-refractivity contribution in [1.82, 2.24) is 39.8 Å². The number of hydrogen-bond donors (Lipinski definition) is 3. The molecule has 6 heterocycles. The Morgan fingerprint density at radius 3 is 2.10 bits per heavy atom. The molecule has 9 rings (SSSR count). The van der Waals surface area contributed by atoms with Crippen molar-refractivity contribution in [2.45, 2.75) is 50.6 Å². The van der Waals surface area contributed by atoms with Crippen LogP contribution in [-0.2, 0) is 9.59 Å². The summed E-state index contributed by atoms with van der Waals surface area (Å²) in [6, 6.07) is 26.0. The van der Waals surface area contributed by atoms with E-state index in [1.165, 1.54) is 38.2 Å². The van der Waals surface area contributed by atoms with Crippen molar-refractivity contribution in [2.24, 2.45) is 5.92 Å². The van der Waals surface area contributed by atoms with E-state index in [9.17, 15) is 9.59 Å². The number of ether oxygens (including phenoxy) is 1. The third-order valence-corrected chi connectivity index (χ3v) is 12.7. The number of nitrogens with zero attached hydrogens (tertiary/aromatic N) is 8. The molecule has 2 amide bonds. The van der Waals surface area contributed by atoms with E-state index in [0.29, 0.717) is 18.7 Å². The fourth-order valence-electron chi connectivity index (χ4n) is 9.18. The Morgan fingerprint density at radius 2 is 1.41 bits per heavy atom. The minimum absolute atomic E-state index is 0.193. The summed E-state index contributed by atoms with van der Waals surface area (Å²) in [5, 5.41) is 11.6. The first-order valence-electron chi connectivity index (χ1n) is 21.4. The van der Waals surface area contributed by atoms with Crippen molar-refractivity contribution in [3.63, 3.8) is 0 Å². The summed E-state index contributed by atoms with van der Waals surface area (Å²) in [6.07, 6.45) is 7.03. The van der Waals surface area contributed by atoms with Gasteiger partial charge in [0.1, 0.15) is 35.4 Å². The number of piperazine rings is 1. The van der Waals surface area contributed by atoms with Crippen LogP contribution >= 0.6 is 0 Å². The van der Waals surface area contributed by atoms with Gasteiger partial charge in [0.15, 0.2) is 5.65 Å². The number of piperidine rings is 3. The second-order valence-electron chi connectivity index (χ2n) is 16.5. The molecule has 4 saturated heterocycles. The van der Waals surface area contributed by atoms with Crippen molar-refractivity contribution >= 4 is 40.0 Å². The van der Waals surface area contributed by atoms with E-state index in [1.807, 2.05) is 66.7 Å². The van der Waals surface area contributed by atoms with Gasteiger partial charge in [0, 0.05) is 82.3 Å². The van der Waals surface area contributed by atoms with E-state index < -0.39 is 0 Å². The lowest BCUT2D eigenvalue weighted by Crippen LogP contribution is -2.49. The van der Waals surface area contributed by atoms with Crippen molar-refractivity contribution in [2.75, 3.05) is 87.9 Å². The van der Waals surface area contributed by atoms with Gasteiger partial charge in [0.05, 0.1) is 11.4 Å². The Bertz CT molecular complexity index is 2190. The summed E-state index contributed by atoms with van der Waals surface area (Å²) in [7, 11) is 0. The number of fused-ring (bicyclic) bond motifs is 1. The Balaban J connectivity index is 0.700. The van der Waals surface area contributed by atoms with Crippen LogP contribution in [0.2, 0.25) is 0 Å². The maximum atomic E-state index is 12.1. The molecule has 14 nitrogen and oxygen atoms in total. The van der Waals surface area contributed by atoms with E-state index in [-0.39, 0.29) is 23.9 Å². The lowest BCUT2D eigenvalue weighted by molar-refractivity contribution is -0.133. The molecule has 0 spiro atoms. The van der Waals surface area contributed by atoms with Crippen LogP contribution in [0.4, 0.5) is 17.2 Å². The Labute approximate surface area is 345 Å². The molecule has 59 heavy (non-hydrogen) atoms. The summed E-state index contributed by atoms with van der Waals surface area (Å²) in [5.74, 6) is 2.34. The number of carbonyl (C=O) groups is 2. The Morgan fingerprint density at radius 1 is 0.729 bits per heavy atom. The number of carbonyl (C=O) groups excluding carboxylic acids is 2. The largest absolute Gasteiger partial charge is 0.457 e. The zero-order chi connectivity index (χ0) is 40.1. The summed E-state index contributed by atoms with van der Waals surface area (Å²) < 4.78 is 8.12. The van der Waals surface area contributed by atoms with Crippen molar-refractivity contribution < 1.29 is 14.3 Å². The highest BCUT2D eigenvalue weighted by molar-refractivity contribution is 6.01. The molecule has 1 unspecified atom stereocenters. The predicted molar refractivity (Wildman–Crippen MR) is 230 cm³/mol. The van der Waals surface area contributed by atoms with E-state index in [1.54, 1.807) is 6.33 Å². The van der Waals surface area contributed by atoms with Gasteiger partial charge >= 0.3 is 0 Å². The van der Waals surface area contributed by atoms with Gasteiger partial charge < -0.3 is 30.5 Å². The van der Waals surface area contributed by atoms with E-state index >= 15 is 0 Å². The first-order valence-corrected chi connectivity index (χ1v) is 21.4. The summed E-state index contributed by atoms with van der Waals surface area (Å²) in [4.78, 5) is 43.0. The van der Waals surface area contributed by atoms with Crippen LogP contribution in [0.1, 0.15) is 44.6 Å². The quantitative estimate of drug-likeness (QED) is 0.142. The zero-order valence-corrected chi connectivity index (χ0v) is 33.7. The maximum absolute atomic E-state index is 12.1. The molecule has 3 aromatic carbocycles. The van der Waals surface area contributed by atoms with Crippen LogP contribution < -0.4 is 26.0 Å². The first-order chi connectivity index (χ1) is 28.9. The van der Waals surface area contributed by atoms with Gasteiger partial charge in [-0.3, -0.25) is 19.8 Å². The van der Waals surface area contributed by atoms with Crippen LogP contribution in [0.3, 0.4) is 0 Å². The zero-order valence-electron chi connectivity index (χ0n) is 33.7. The van der Waals surface area contributed by atoms with Gasteiger partial charge in [-0.05, 0) is 112 Å². The molecule has 14 heteroatoms. The second-order valence-corrected chi connectivity index (χ2v) is 16.5. The molecule has 0 saturated carbocycles. The normalized spacial score (nSPS) is 20.5. The average Bonchev–Trinajstić information content (AvgIpc) is 3.67. The third kappa shape index (κ3) is 9.19. The SMILES string of the molecule is Nc1ncnc2c1c(-c1ccc(Oc3ccccc3)cc1)nn2C1CCN(CCN2CCC(CN3CCN(c4ccc(NC5CCC(=O)NC5=O)cc4)CC3)CC2)CC1. The Hall–Kier alpha value is -5.57. The van der Waals surface area contributed by atoms with Gasteiger partial charge in [-0.2, -0.15) is 5.10 Å². The number of para-hydroxylation sites is 1. The van der Waals surface area contributed by atoms with Gasteiger partial charge in [-0.1, -0.05) is 18.2 Å². The lowest BCUT2D eigenvalue weighted by atomic mass is 9.96. The van der Waals surface area contributed by atoms with Crippen molar-refractivity contribution in [3.8, 4) is 22.8 Å². The third-order valence-electron chi connectivity index (χ3n) is 12.7. The minimum Gasteiger partial charge on any atom is -0.457 e. The molecular formula is C45H55N11O3. The number of aromatic nitrogens is 4. The summed E-state index contributed by atoms with van der Waals surface area (Å²) >= 11 is 0. The molecule has 4 aliphatic rings. The highest BCUT2D eigenvalue weighted by Gasteiger charge is 2.29. The fraction of sp³-hybridized carbons (Fsp3) is 0.444. The molecule has 0 radical (unpaired) electrons. The number of benzene rings is 3. The lowest BCUT2D eigenvalue weighted by Gasteiger charge is -2.40. The Kier molecular flexibility index (Phi) is 11.7. The predicted octanol–water partition coefficient (Wildman–Crippen LogP) is 5.26. The van der Waals surface area contributed by atoms with Gasteiger partial charge in [0.2, 0.25) is 11.8 Å². The molecular weight excluding hydrogens is 743 g/mol. The van der Waals surface area contributed by atoms with E-state index in [4.69, 9.17) is 15.6 Å². The molecule has 0 bridgehead atoms. The molecule has 2 aromatic heterocycles. The number of imide groups is 1. The molecule has 4 fully saturated rings. The average molecular weight is 798 g/mol. The number of nitrogens with two attached hydrogens (primary N) is 1. The molecule has 308 valence electrons. The smallest absolute Gasteiger partial charge is 0.249 e. The second kappa shape index (κ2) is 17.7. The van der Waals surface area contributed by atoms with Crippen LogP contribution in [0.15, 0.2) is 85.2 Å². The monoisotopic (exact) mass is 797 g/mol. The molecule has 4 N–H and O–H groups in total. The number of rotatable bonds is 12. The van der Waals surface area contributed by atoms with Crippen molar-refractivity contribution in [1.29, 1.82) is 0 Å². The van der Waals surface area contributed by atoms with E-state index in [2.05, 4.69) is 57.0 Å². The van der Waals surface area contributed by atoms with Gasteiger partial charge in [0.25, 0.3) is 0 Å². The number of hydrogen-bond acceptors (Lipinski definition) is 12. The number of amides is 2. The van der Waals surface area contributed by atoms with Crippen molar-refractivity contribution in [3.05, 3.63) is 85.2 Å². The molecule has 5 aromatic rings. The fourth-order valence-corrected chi connectivity index (χ4v) is 9.18. The number of anilines is 3. The number of nitrogens with one attached hydrogen (secondary N) is 2. The topological polar surface area (TPSA) is 150 Å². The molecule has 0 aliphatic carbocycles. The number of nitrogen functional groups attached to an aromatic ring is 1. The van der Waals surface area contributed by atoms with Crippen LogP contribution in [-0.4, -0.2) is 124 Å². The maximum Gasteiger partial charge on any atom is 0.249 e. The standard InChI is InChI=1S/C45H55N11O3/c46-43-41-42(33-6-12-38(13-7-33)59-37-4-2-1-3-5-37)51-56(44(41)48-31-47-43)36-18-22-53(23-19-36)25-24-52-20-16-32(17-21-52)30-54-26-28-55(29-27-54)35-10-8-34(9-11-35)49-39-14-15-40(57)50-45(39)58/h1-13,31-32,36,39,49H,14-30H2,(H2,46,47,48)(H,50,57,58). The molecule has 1 atom stereocenters.